The normalized spacial score (nSPS) is 16.4. The fourth-order valence-electron chi connectivity index (χ4n) is 3.42. The number of nitrogens with one attached hydrogen (secondary N) is 1. The van der Waals surface area contributed by atoms with E-state index in [0.29, 0.717) is 18.6 Å². The molecule has 11 heteroatoms. The number of phenolic OH excluding ortho intramolecular Hbond substituents is 1. The van der Waals surface area contributed by atoms with Crippen LogP contribution in [0.15, 0.2) is 36.4 Å². The van der Waals surface area contributed by atoms with Gasteiger partial charge in [0, 0.05) is 30.9 Å². The maximum absolute atomic E-state index is 12.8. The van der Waals surface area contributed by atoms with E-state index >= 15 is 0 Å². The van der Waals surface area contributed by atoms with Gasteiger partial charge in [0.05, 0.1) is 23.7 Å². The van der Waals surface area contributed by atoms with E-state index < -0.39 is 23.2 Å². The van der Waals surface area contributed by atoms with Crippen molar-refractivity contribution in [2.24, 2.45) is 0 Å². The van der Waals surface area contributed by atoms with Crippen molar-refractivity contribution in [3.63, 3.8) is 0 Å². The highest BCUT2D eigenvalue weighted by atomic mass is 32.2. The van der Waals surface area contributed by atoms with Crippen LogP contribution >= 0.6 is 23.5 Å². The van der Waals surface area contributed by atoms with Crippen LogP contribution in [0.5, 0.6) is 5.75 Å². The number of phenols is 1. The van der Waals surface area contributed by atoms with Crippen LogP contribution < -0.4 is 5.32 Å². The van der Waals surface area contributed by atoms with E-state index in [2.05, 4.69) is 5.32 Å². The number of benzene rings is 1. The second-order valence-corrected chi connectivity index (χ2v) is 10.3. The van der Waals surface area contributed by atoms with Crippen LogP contribution in [0.25, 0.3) is 0 Å². The van der Waals surface area contributed by atoms with Gasteiger partial charge in [-0.2, -0.15) is 0 Å². The summed E-state index contributed by atoms with van der Waals surface area (Å²) < 4.78 is 4.76. The first-order valence-electron chi connectivity index (χ1n) is 11.6. The van der Waals surface area contributed by atoms with Crippen LogP contribution in [0.1, 0.15) is 43.0 Å². The number of amides is 3. The van der Waals surface area contributed by atoms with Crippen molar-refractivity contribution in [2.45, 2.75) is 43.9 Å². The molecule has 2 N–H and O–H groups in total. The monoisotopic (exact) mass is 536 g/mol. The van der Waals surface area contributed by atoms with Crippen LogP contribution in [-0.2, 0) is 23.9 Å². The number of carbonyl (C=O) groups excluding carboxylic acids is 5. The maximum atomic E-state index is 12.8. The van der Waals surface area contributed by atoms with Crippen molar-refractivity contribution in [2.75, 3.05) is 30.9 Å². The second kappa shape index (κ2) is 15.4. The van der Waals surface area contributed by atoms with Gasteiger partial charge in [-0.3, -0.25) is 24.1 Å². The van der Waals surface area contributed by atoms with Crippen molar-refractivity contribution in [3.05, 3.63) is 42.0 Å². The van der Waals surface area contributed by atoms with Gasteiger partial charge in [-0.15, -0.1) is 23.5 Å². The van der Waals surface area contributed by atoms with Crippen LogP contribution in [0.3, 0.4) is 0 Å². The fraction of sp³-hybridized carbons (Fsp3) is 0.480. The minimum absolute atomic E-state index is 0.0000649. The van der Waals surface area contributed by atoms with Crippen LogP contribution in [-0.4, -0.2) is 81.7 Å². The second-order valence-electron chi connectivity index (χ2n) is 8.01. The highest BCUT2D eigenvalue weighted by Gasteiger charge is 2.39. The van der Waals surface area contributed by atoms with E-state index in [0.717, 1.165) is 28.8 Å². The number of esters is 1. The largest absolute Gasteiger partial charge is 0.507 e. The zero-order valence-corrected chi connectivity index (χ0v) is 22.1. The molecule has 9 nitrogen and oxygen atoms in total. The number of para-hydroxylation sites is 1. The fourth-order valence-corrected chi connectivity index (χ4v) is 5.36. The Morgan fingerprint density at radius 1 is 1.25 bits per heavy atom. The average Bonchev–Trinajstić information content (AvgIpc) is 3.13. The van der Waals surface area contributed by atoms with E-state index in [1.807, 2.05) is 19.1 Å². The Kier molecular flexibility index (Phi) is 12.6. The number of methoxy groups -OCH3 is 1. The molecule has 3 amide bonds. The quantitative estimate of drug-likeness (QED) is 0.150. The third kappa shape index (κ3) is 9.02. The molecule has 1 aliphatic rings. The molecule has 0 saturated carbocycles. The zero-order chi connectivity index (χ0) is 26.5. The topological polar surface area (TPSA) is 130 Å². The minimum atomic E-state index is -1.08. The van der Waals surface area contributed by atoms with Gasteiger partial charge in [-0.1, -0.05) is 31.2 Å². The first kappa shape index (κ1) is 29.4. The molecular formula is C25H32N2O7S2. The summed E-state index contributed by atoms with van der Waals surface area (Å²) in [5, 5.41) is 11.7. The molecule has 1 aromatic carbocycles. The average molecular weight is 537 g/mol. The number of nitrogens with zero attached hydrogens (tertiary/aromatic N) is 1. The van der Waals surface area contributed by atoms with E-state index in [1.54, 1.807) is 12.1 Å². The van der Waals surface area contributed by atoms with Gasteiger partial charge in [0.25, 0.3) is 5.91 Å². The summed E-state index contributed by atoms with van der Waals surface area (Å²) in [5.74, 6) is -1.03. The molecule has 1 aromatic rings. The standard InChI is InChI=1S/C25H32N2O7S2/c1-3-4-7-13-35-15-17(28)9-8-12-27-22(30)14-21(24(27)32)36-16-19(25(33)34-2)26-23(31)18-10-5-6-11-20(18)29/h4-7,10-11,19,21,29H,3,8-9,12-16H2,1-2H3,(H,26,31)/b7-4-. The summed E-state index contributed by atoms with van der Waals surface area (Å²) in [4.78, 5) is 63.0. The van der Waals surface area contributed by atoms with Gasteiger partial charge in [-0.05, 0) is 25.0 Å². The summed E-state index contributed by atoms with van der Waals surface area (Å²) in [7, 11) is 1.18. The molecule has 2 unspecified atom stereocenters. The molecule has 36 heavy (non-hydrogen) atoms. The lowest BCUT2D eigenvalue weighted by atomic mass is 10.2. The number of likely N-dealkylation sites (tertiary alicyclic amines) is 1. The van der Waals surface area contributed by atoms with Crippen LogP contribution in [0, 0.1) is 0 Å². The molecule has 2 rings (SSSR count). The SMILES string of the molecule is CC/C=C\CSCC(=O)CCCN1C(=O)CC(SCC(NC(=O)c2ccccc2O)C(=O)OC)C1=O. The molecule has 0 aromatic heterocycles. The highest BCUT2D eigenvalue weighted by Crippen LogP contribution is 2.26. The highest BCUT2D eigenvalue weighted by molar-refractivity contribution is 8.00. The maximum Gasteiger partial charge on any atom is 0.329 e. The number of Topliss-reactive ketones (excluding diaryl/α,β-unsaturated/α-hetero) is 1. The number of aromatic hydroxyl groups is 1. The molecule has 0 spiro atoms. The molecule has 0 aliphatic carbocycles. The Balaban J connectivity index is 1.83. The number of hydrogen-bond acceptors (Lipinski definition) is 9. The van der Waals surface area contributed by atoms with Crippen molar-refractivity contribution < 1.29 is 33.8 Å². The van der Waals surface area contributed by atoms with Crippen molar-refractivity contribution in [1.29, 1.82) is 0 Å². The predicted molar refractivity (Wildman–Crippen MR) is 140 cm³/mol. The van der Waals surface area contributed by atoms with Crippen molar-refractivity contribution in [1.82, 2.24) is 10.2 Å². The lowest BCUT2D eigenvalue weighted by Gasteiger charge is -2.18. The van der Waals surface area contributed by atoms with Gasteiger partial charge in [0.2, 0.25) is 11.8 Å². The first-order valence-corrected chi connectivity index (χ1v) is 13.9. The van der Waals surface area contributed by atoms with Gasteiger partial charge in [-0.25, -0.2) is 4.79 Å². The zero-order valence-electron chi connectivity index (χ0n) is 20.4. The number of ketones is 1. The third-order valence-electron chi connectivity index (χ3n) is 5.32. The molecule has 1 aliphatic heterocycles. The number of ether oxygens (including phenoxy) is 1. The number of imide groups is 1. The molecule has 2 atom stereocenters. The lowest BCUT2D eigenvalue weighted by Crippen LogP contribution is -2.44. The summed E-state index contributed by atoms with van der Waals surface area (Å²) in [5.41, 5.74) is 0.0000649. The molecular weight excluding hydrogens is 504 g/mol. The Morgan fingerprint density at radius 3 is 2.69 bits per heavy atom. The molecule has 1 heterocycles. The lowest BCUT2D eigenvalue weighted by molar-refractivity contribution is -0.142. The molecule has 0 bridgehead atoms. The van der Waals surface area contributed by atoms with Gasteiger partial charge < -0.3 is 15.2 Å². The summed E-state index contributed by atoms with van der Waals surface area (Å²) in [6, 6.07) is 4.83. The number of allylic oxidation sites excluding steroid dienone is 1. The van der Waals surface area contributed by atoms with E-state index in [-0.39, 0.29) is 47.6 Å². The Morgan fingerprint density at radius 2 is 2.00 bits per heavy atom. The number of carbonyl (C=O) groups is 5. The Labute approximate surface area is 219 Å². The first-order chi connectivity index (χ1) is 17.3. The van der Waals surface area contributed by atoms with Gasteiger partial charge in [0.1, 0.15) is 17.6 Å². The molecule has 1 saturated heterocycles. The van der Waals surface area contributed by atoms with Crippen molar-refractivity contribution in [3.8, 4) is 5.75 Å². The molecule has 1 fully saturated rings. The van der Waals surface area contributed by atoms with Gasteiger partial charge in [0.15, 0.2) is 0 Å². The van der Waals surface area contributed by atoms with Crippen molar-refractivity contribution >= 4 is 53.0 Å². The summed E-state index contributed by atoms with van der Waals surface area (Å²) >= 11 is 2.62. The van der Waals surface area contributed by atoms with E-state index in [9.17, 15) is 29.1 Å². The number of thioether (sulfide) groups is 2. The Hall–Kier alpha value is -2.79. The van der Waals surface area contributed by atoms with Crippen LogP contribution in [0.2, 0.25) is 0 Å². The van der Waals surface area contributed by atoms with Crippen LogP contribution in [0.4, 0.5) is 0 Å². The molecule has 0 radical (unpaired) electrons. The number of hydrogen-bond donors (Lipinski definition) is 2. The Bertz CT molecular complexity index is 983. The summed E-state index contributed by atoms with van der Waals surface area (Å²) in [6.07, 6.45) is 5.72. The molecule has 196 valence electrons. The number of rotatable bonds is 15. The predicted octanol–water partition coefficient (Wildman–Crippen LogP) is 2.57. The van der Waals surface area contributed by atoms with Gasteiger partial charge >= 0.3 is 5.97 Å². The van der Waals surface area contributed by atoms with E-state index in [1.165, 1.54) is 31.0 Å². The third-order valence-corrected chi connectivity index (χ3v) is 7.57. The smallest absolute Gasteiger partial charge is 0.329 e. The minimum Gasteiger partial charge on any atom is -0.507 e. The van der Waals surface area contributed by atoms with E-state index in [4.69, 9.17) is 4.74 Å². The summed E-state index contributed by atoms with van der Waals surface area (Å²) in [6.45, 7) is 2.22.